The van der Waals surface area contributed by atoms with Gasteiger partial charge in [0.25, 0.3) is 0 Å². The molecule has 0 saturated heterocycles. The molecule has 1 amide bonds. The van der Waals surface area contributed by atoms with Crippen LogP contribution in [-0.4, -0.2) is 46.2 Å². The quantitative estimate of drug-likeness (QED) is 0.907. The molecule has 1 aromatic carbocycles. The van der Waals surface area contributed by atoms with Gasteiger partial charge in [0.2, 0.25) is 0 Å². The lowest BCUT2D eigenvalue weighted by atomic mass is 9.99. The monoisotopic (exact) mass is 326 g/mol. The lowest BCUT2D eigenvalue weighted by Crippen LogP contribution is -2.31. The summed E-state index contributed by atoms with van der Waals surface area (Å²) in [7, 11) is 1.85. The third-order valence-corrected chi connectivity index (χ3v) is 4.55. The molecule has 0 aliphatic carbocycles. The first-order valence-corrected chi connectivity index (χ1v) is 8.20. The molecule has 6 heteroatoms. The van der Waals surface area contributed by atoms with Crippen molar-refractivity contribution in [2.45, 2.75) is 25.7 Å². The van der Waals surface area contributed by atoms with Gasteiger partial charge in [0.05, 0.1) is 5.69 Å². The highest BCUT2D eigenvalue weighted by molar-refractivity contribution is 5.65. The molecule has 3 rings (SSSR count). The van der Waals surface area contributed by atoms with E-state index in [-0.39, 0.29) is 5.92 Å². The SMILES string of the molecule is CNc1nc(C(C)c2ccccc2)nc2c1CCN(C(=O)O)CC2. The van der Waals surface area contributed by atoms with Crippen LogP contribution in [0.2, 0.25) is 0 Å². The Bertz CT molecular complexity index is 733. The fourth-order valence-corrected chi connectivity index (χ4v) is 3.10. The van der Waals surface area contributed by atoms with Crippen LogP contribution in [0.4, 0.5) is 10.6 Å². The van der Waals surface area contributed by atoms with Gasteiger partial charge in [0, 0.05) is 38.0 Å². The number of rotatable bonds is 3. The number of carbonyl (C=O) groups is 1. The van der Waals surface area contributed by atoms with Gasteiger partial charge in [0.1, 0.15) is 11.6 Å². The molecule has 1 aliphatic rings. The molecule has 6 nitrogen and oxygen atoms in total. The maximum atomic E-state index is 11.2. The van der Waals surface area contributed by atoms with Crippen molar-refractivity contribution in [1.29, 1.82) is 0 Å². The number of nitrogens with zero attached hydrogens (tertiary/aromatic N) is 3. The van der Waals surface area contributed by atoms with Crippen molar-refractivity contribution in [3.8, 4) is 0 Å². The molecule has 1 aliphatic heterocycles. The van der Waals surface area contributed by atoms with Crippen molar-refractivity contribution in [2.75, 3.05) is 25.5 Å². The lowest BCUT2D eigenvalue weighted by Gasteiger charge is -2.16. The Morgan fingerprint density at radius 2 is 1.92 bits per heavy atom. The summed E-state index contributed by atoms with van der Waals surface area (Å²) >= 11 is 0. The first-order valence-electron chi connectivity index (χ1n) is 8.20. The fraction of sp³-hybridized carbons (Fsp3) is 0.389. The summed E-state index contributed by atoms with van der Waals surface area (Å²) in [6.45, 7) is 3.05. The van der Waals surface area contributed by atoms with E-state index in [4.69, 9.17) is 9.97 Å². The van der Waals surface area contributed by atoms with Crippen molar-refractivity contribution in [3.05, 3.63) is 53.0 Å². The minimum atomic E-state index is -0.875. The van der Waals surface area contributed by atoms with E-state index in [0.29, 0.717) is 25.9 Å². The van der Waals surface area contributed by atoms with Crippen LogP contribution in [0.3, 0.4) is 0 Å². The van der Waals surface area contributed by atoms with E-state index in [2.05, 4.69) is 24.4 Å². The van der Waals surface area contributed by atoms with E-state index in [1.54, 1.807) is 0 Å². The van der Waals surface area contributed by atoms with E-state index >= 15 is 0 Å². The van der Waals surface area contributed by atoms with Gasteiger partial charge in [-0.2, -0.15) is 0 Å². The van der Waals surface area contributed by atoms with Crippen molar-refractivity contribution < 1.29 is 9.90 Å². The molecule has 126 valence electrons. The van der Waals surface area contributed by atoms with Crippen molar-refractivity contribution in [3.63, 3.8) is 0 Å². The molecular formula is C18H22N4O2. The molecule has 2 N–H and O–H groups in total. The van der Waals surface area contributed by atoms with Crippen LogP contribution in [0, 0.1) is 0 Å². The van der Waals surface area contributed by atoms with Crippen LogP contribution < -0.4 is 5.32 Å². The summed E-state index contributed by atoms with van der Waals surface area (Å²) in [6.07, 6.45) is 0.380. The highest BCUT2D eigenvalue weighted by Gasteiger charge is 2.23. The summed E-state index contributed by atoms with van der Waals surface area (Å²) in [5.41, 5.74) is 3.15. The average Bonchev–Trinajstić information content (AvgIpc) is 2.83. The second-order valence-electron chi connectivity index (χ2n) is 6.01. The van der Waals surface area contributed by atoms with E-state index < -0.39 is 6.09 Å². The molecule has 2 heterocycles. The smallest absolute Gasteiger partial charge is 0.407 e. The lowest BCUT2D eigenvalue weighted by molar-refractivity contribution is 0.147. The predicted molar refractivity (Wildman–Crippen MR) is 92.5 cm³/mol. The molecule has 0 saturated carbocycles. The summed E-state index contributed by atoms with van der Waals surface area (Å²) in [4.78, 5) is 22.2. The molecule has 24 heavy (non-hydrogen) atoms. The molecule has 1 aromatic heterocycles. The van der Waals surface area contributed by atoms with Gasteiger partial charge in [0.15, 0.2) is 0 Å². The van der Waals surface area contributed by atoms with Gasteiger partial charge in [-0.25, -0.2) is 14.8 Å². The summed E-state index contributed by atoms with van der Waals surface area (Å²) < 4.78 is 0. The second kappa shape index (κ2) is 6.86. The summed E-state index contributed by atoms with van der Waals surface area (Å²) in [5.74, 6) is 1.67. The molecule has 2 aromatic rings. The van der Waals surface area contributed by atoms with Gasteiger partial charge in [-0.15, -0.1) is 0 Å². The first kappa shape index (κ1) is 16.2. The zero-order valence-electron chi connectivity index (χ0n) is 14.0. The molecule has 0 spiro atoms. The number of aromatic nitrogens is 2. The molecule has 0 fully saturated rings. The Morgan fingerprint density at radius 1 is 1.21 bits per heavy atom. The standard InChI is InChI=1S/C18H22N4O2/c1-12(13-6-4-3-5-7-13)16-20-15-9-11-22(18(23)24)10-8-14(15)17(19-2)21-16/h3-7,12H,8-11H2,1-2H3,(H,23,24)(H,19,20,21). The van der Waals surface area contributed by atoms with E-state index in [1.807, 2.05) is 25.2 Å². The molecular weight excluding hydrogens is 304 g/mol. The van der Waals surface area contributed by atoms with Crippen LogP contribution in [0.1, 0.15) is 35.5 Å². The second-order valence-corrected chi connectivity index (χ2v) is 6.01. The topological polar surface area (TPSA) is 78.4 Å². The summed E-state index contributed by atoms with van der Waals surface area (Å²) in [6, 6.07) is 10.2. The number of carboxylic acid groups (broad SMARTS) is 1. The third-order valence-electron chi connectivity index (χ3n) is 4.55. The minimum Gasteiger partial charge on any atom is -0.465 e. The van der Waals surface area contributed by atoms with Crippen LogP contribution in [0.25, 0.3) is 0 Å². The Balaban J connectivity index is 1.96. The number of fused-ring (bicyclic) bond motifs is 1. The largest absolute Gasteiger partial charge is 0.465 e. The normalized spacial score (nSPS) is 15.3. The number of hydrogen-bond acceptors (Lipinski definition) is 4. The average molecular weight is 326 g/mol. The molecule has 0 radical (unpaired) electrons. The van der Waals surface area contributed by atoms with Gasteiger partial charge < -0.3 is 15.3 Å². The van der Waals surface area contributed by atoms with Crippen LogP contribution in [-0.2, 0) is 12.8 Å². The van der Waals surface area contributed by atoms with Gasteiger partial charge in [-0.05, 0) is 12.0 Å². The van der Waals surface area contributed by atoms with Crippen molar-refractivity contribution >= 4 is 11.9 Å². The Kier molecular flexibility index (Phi) is 4.64. The molecule has 1 unspecified atom stereocenters. The van der Waals surface area contributed by atoms with Gasteiger partial charge >= 0.3 is 6.09 Å². The molecule has 0 bridgehead atoms. The highest BCUT2D eigenvalue weighted by atomic mass is 16.4. The Hall–Kier alpha value is -2.63. The van der Waals surface area contributed by atoms with Crippen molar-refractivity contribution in [2.24, 2.45) is 0 Å². The van der Waals surface area contributed by atoms with Crippen LogP contribution in [0.15, 0.2) is 30.3 Å². The highest BCUT2D eigenvalue weighted by Crippen LogP contribution is 2.27. The molecule has 1 atom stereocenters. The fourth-order valence-electron chi connectivity index (χ4n) is 3.10. The van der Waals surface area contributed by atoms with Gasteiger partial charge in [-0.1, -0.05) is 37.3 Å². The van der Waals surface area contributed by atoms with Gasteiger partial charge in [-0.3, -0.25) is 0 Å². The third kappa shape index (κ3) is 3.18. The first-order chi connectivity index (χ1) is 11.6. The van der Waals surface area contributed by atoms with Crippen LogP contribution in [0.5, 0.6) is 0 Å². The maximum Gasteiger partial charge on any atom is 0.407 e. The number of anilines is 1. The zero-order chi connectivity index (χ0) is 17.1. The maximum absolute atomic E-state index is 11.2. The summed E-state index contributed by atoms with van der Waals surface area (Å²) in [5, 5.41) is 12.4. The number of benzene rings is 1. The van der Waals surface area contributed by atoms with E-state index in [1.165, 1.54) is 10.5 Å². The van der Waals surface area contributed by atoms with Crippen molar-refractivity contribution in [1.82, 2.24) is 14.9 Å². The minimum absolute atomic E-state index is 0.0856. The number of nitrogens with one attached hydrogen (secondary N) is 1. The number of hydrogen-bond donors (Lipinski definition) is 2. The zero-order valence-corrected chi connectivity index (χ0v) is 14.0. The predicted octanol–water partition coefficient (Wildman–Crippen LogP) is 2.75. The number of amides is 1. The van der Waals surface area contributed by atoms with E-state index in [0.717, 1.165) is 22.9 Å². The van der Waals surface area contributed by atoms with Crippen LogP contribution >= 0.6 is 0 Å². The Labute approximate surface area is 141 Å². The van der Waals surface area contributed by atoms with E-state index in [9.17, 15) is 9.90 Å². The Morgan fingerprint density at radius 3 is 2.58 bits per heavy atom.